The molecule has 33 heavy (non-hydrogen) atoms. The number of nitrogen functional groups attached to an aromatic ring is 1. The van der Waals surface area contributed by atoms with Gasteiger partial charge in [-0.1, -0.05) is 0 Å². The number of carbonyl (C=O) groups is 2. The Kier molecular flexibility index (Phi) is 9.53. The fourth-order valence-corrected chi connectivity index (χ4v) is 4.94. The zero-order valence-corrected chi connectivity index (χ0v) is 19.9. The van der Waals surface area contributed by atoms with E-state index in [0.717, 1.165) is 0 Å². The Morgan fingerprint density at radius 3 is 2.30 bits per heavy atom. The average Bonchev–Trinajstić information content (AvgIpc) is 3.14. The maximum absolute atomic E-state index is 13.5. The third-order valence-corrected chi connectivity index (χ3v) is 6.48. The van der Waals surface area contributed by atoms with E-state index in [1.165, 1.54) is 20.2 Å². The molecule has 184 valence electrons. The lowest BCUT2D eigenvalue weighted by Gasteiger charge is -2.26. The number of nitrogens with two attached hydrogens (primary N) is 1. The number of imidazole rings is 1. The summed E-state index contributed by atoms with van der Waals surface area (Å²) < 4.78 is 30.5. The standard InChI is InChI=1S/C18H30N7O7P/c1-5-31-16(27)11(3)23-33(29,24-12(4)17(28)32-6-2)10-30-8-7-25-9-20-13-14(25)21-18(19)22-15(13)26/h9,11-12H,5-8,10H2,1-4H3,(H2,23,24,29)(H3,19,21,22,26)/t11-,12?,33?/m0/s1. The number of esters is 2. The van der Waals surface area contributed by atoms with Crippen LogP contribution in [0.1, 0.15) is 27.7 Å². The monoisotopic (exact) mass is 487 g/mol. The molecule has 2 rings (SSSR count). The summed E-state index contributed by atoms with van der Waals surface area (Å²) in [6, 6.07) is -1.84. The van der Waals surface area contributed by atoms with Gasteiger partial charge in [-0.25, -0.2) is 15.2 Å². The molecule has 0 fully saturated rings. The van der Waals surface area contributed by atoms with Crippen molar-refractivity contribution in [2.75, 3.05) is 31.9 Å². The number of hydrogen-bond donors (Lipinski definition) is 4. The van der Waals surface area contributed by atoms with Gasteiger partial charge in [0.2, 0.25) is 13.4 Å². The van der Waals surface area contributed by atoms with Crippen molar-refractivity contribution < 1.29 is 28.4 Å². The third-order valence-electron chi connectivity index (χ3n) is 4.33. The highest BCUT2D eigenvalue weighted by atomic mass is 31.2. The van der Waals surface area contributed by atoms with E-state index in [1.54, 1.807) is 18.4 Å². The van der Waals surface area contributed by atoms with Crippen LogP contribution in [0.15, 0.2) is 11.1 Å². The fourth-order valence-electron chi connectivity index (χ4n) is 2.87. The summed E-state index contributed by atoms with van der Waals surface area (Å²) in [7, 11) is -3.60. The number of aromatic nitrogens is 4. The van der Waals surface area contributed by atoms with Gasteiger partial charge in [0, 0.05) is 6.54 Å². The largest absolute Gasteiger partial charge is 0.465 e. The average molecular weight is 487 g/mol. The van der Waals surface area contributed by atoms with Crippen LogP contribution in [0.25, 0.3) is 11.2 Å². The predicted molar refractivity (Wildman–Crippen MR) is 119 cm³/mol. The molecule has 3 atom stereocenters. The summed E-state index contributed by atoms with van der Waals surface area (Å²) in [4.78, 5) is 46.3. The molecule has 0 spiro atoms. The molecule has 14 nitrogen and oxygen atoms in total. The van der Waals surface area contributed by atoms with Gasteiger partial charge in [-0.05, 0) is 27.7 Å². The molecule has 0 bridgehead atoms. The number of carbonyl (C=O) groups excluding carboxylic acids is 2. The Balaban J connectivity index is 2.06. The number of aromatic amines is 1. The number of rotatable bonds is 13. The summed E-state index contributed by atoms with van der Waals surface area (Å²) in [5.41, 5.74) is 5.53. The lowest BCUT2D eigenvalue weighted by molar-refractivity contribution is -0.145. The zero-order valence-electron chi connectivity index (χ0n) is 19.0. The van der Waals surface area contributed by atoms with Gasteiger partial charge in [-0.3, -0.25) is 23.9 Å². The fraction of sp³-hybridized carbons (Fsp3) is 0.611. The minimum absolute atomic E-state index is 0.0472. The van der Waals surface area contributed by atoms with Crippen LogP contribution in [-0.2, 0) is 34.9 Å². The summed E-state index contributed by atoms with van der Waals surface area (Å²) >= 11 is 0. The van der Waals surface area contributed by atoms with Gasteiger partial charge in [-0.2, -0.15) is 4.98 Å². The summed E-state index contributed by atoms with van der Waals surface area (Å²) in [5, 5.41) is 5.38. The smallest absolute Gasteiger partial charge is 0.323 e. The highest BCUT2D eigenvalue weighted by Crippen LogP contribution is 2.37. The Bertz CT molecular complexity index is 1040. The molecule has 0 radical (unpaired) electrons. The van der Waals surface area contributed by atoms with Crippen LogP contribution in [0.3, 0.4) is 0 Å². The first-order chi connectivity index (χ1) is 15.6. The minimum atomic E-state index is -3.60. The van der Waals surface area contributed by atoms with E-state index < -0.39 is 37.0 Å². The molecule has 2 aromatic heterocycles. The quantitative estimate of drug-likeness (QED) is 0.167. The van der Waals surface area contributed by atoms with E-state index >= 15 is 0 Å². The van der Waals surface area contributed by atoms with Crippen LogP contribution < -0.4 is 21.5 Å². The lowest BCUT2D eigenvalue weighted by atomic mass is 10.4. The molecule has 15 heteroatoms. The van der Waals surface area contributed by atoms with Gasteiger partial charge in [0.15, 0.2) is 11.2 Å². The molecular formula is C18H30N7O7P. The number of nitrogens with zero attached hydrogens (tertiary/aromatic N) is 3. The highest BCUT2D eigenvalue weighted by Gasteiger charge is 2.32. The number of fused-ring (bicyclic) bond motifs is 1. The molecule has 2 aromatic rings. The summed E-state index contributed by atoms with van der Waals surface area (Å²) in [6.07, 6.45) is 1.07. The van der Waals surface area contributed by atoms with Crippen LogP contribution in [0.5, 0.6) is 0 Å². The Labute approximate surface area is 190 Å². The van der Waals surface area contributed by atoms with Crippen molar-refractivity contribution in [1.82, 2.24) is 29.7 Å². The van der Waals surface area contributed by atoms with Crippen LogP contribution in [0.4, 0.5) is 5.95 Å². The molecule has 2 unspecified atom stereocenters. The van der Waals surface area contributed by atoms with Crippen molar-refractivity contribution in [3.63, 3.8) is 0 Å². The molecule has 0 aromatic carbocycles. The normalized spacial score (nSPS) is 15.0. The molecule has 0 aliphatic rings. The predicted octanol–water partition coefficient (Wildman–Crippen LogP) is -0.0486. The van der Waals surface area contributed by atoms with Gasteiger partial charge in [0.25, 0.3) is 5.56 Å². The second-order valence-electron chi connectivity index (χ2n) is 7.04. The second-order valence-corrected chi connectivity index (χ2v) is 9.30. The molecule has 2 heterocycles. The van der Waals surface area contributed by atoms with E-state index in [-0.39, 0.29) is 49.8 Å². The number of nitrogens with one attached hydrogen (secondary N) is 3. The zero-order chi connectivity index (χ0) is 24.6. The molecule has 0 amide bonds. The van der Waals surface area contributed by atoms with Crippen molar-refractivity contribution in [3.8, 4) is 0 Å². The summed E-state index contributed by atoms with van der Waals surface area (Å²) in [5.74, 6) is -1.24. The topological polar surface area (TPSA) is 193 Å². The Morgan fingerprint density at radius 2 is 1.76 bits per heavy atom. The maximum Gasteiger partial charge on any atom is 0.323 e. The van der Waals surface area contributed by atoms with Crippen molar-refractivity contribution >= 4 is 36.5 Å². The van der Waals surface area contributed by atoms with Crippen LogP contribution in [0.2, 0.25) is 0 Å². The molecule has 0 saturated heterocycles. The SMILES string of the molecule is CCOC(=O)C(C)NP(=O)(COCCn1cnc2c(=O)[nH]c(N)nc21)N[C@@H](C)C(=O)OCC. The van der Waals surface area contributed by atoms with E-state index in [0.29, 0.717) is 0 Å². The van der Waals surface area contributed by atoms with Crippen molar-refractivity contribution in [3.05, 3.63) is 16.7 Å². The van der Waals surface area contributed by atoms with Gasteiger partial charge in [-0.15, -0.1) is 0 Å². The molecule has 5 N–H and O–H groups in total. The van der Waals surface area contributed by atoms with Gasteiger partial charge in [0.1, 0.15) is 18.4 Å². The van der Waals surface area contributed by atoms with E-state index in [4.69, 9.17) is 19.9 Å². The molecule has 0 aliphatic carbocycles. The Morgan fingerprint density at radius 1 is 1.18 bits per heavy atom. The van der Waals surface area contributed by atoms with Crippen LogP contribution in [-0.4, -0.2) is 69.7 Å². The van der Waals surface area contributed by atoms with E-state index in [1.807, 2.05) is 0 Å². The van der Waals surface area contributed by atoms with Crippen molar-refractivity contribution in [1.29, 1.82) is 0 Å². The number of ether oxygens (including phenoxy) is 3. The van der Waals surface area contributed by atoms with Crippen molar-refractivity contribution in [2.45, 2.75) is 46.3 Å². The minimum Gasteiger partial charge on any atom is -0.465 e. The number of anilines is 1. The van der Waals surface area contributed by atoms with Crippen LogP contribution >= 0.6 is 7.44 Å². The summed E-state index contributed by atoms with van der Waals surface area (Å²) in [6.45, 7) is 6.92. The van der Waals surface area contributed by atoms with Crippen LogP contribution in [0, 0.1) is 0 Å². The first-order valence-electron chi connectivity index (χ1n) is 10.4. The first kappa shape index (κ1) is 26.5. The van der Waals surface area contributed by atoms with E-state index in [2.05, 4.69) is 25.1 Å². The molecular weight excluding hydrogens is 457 g/mol. The van der Waals surface area contributed by atoms with Gasteiger partial charge in [0.05, 0.1) is 26.1 Å². The number of hydrogen-bond acceptors (Lipinski definition) is 10. The van der Waals surface area contributed by atoms with E-state index in [9.17, 15) is 18.9 Å². The maximum atomic E-state index is 13.5. The molecule has 0 aliphatic heterocycles. The Hall–Kier alpha value is -2.80. The second kappa shape index (κ2) is 11.9. The highest BCUT2D eigenvalue weighted by molar-refractivity contribution is 7.59. The first-order valence-corrected chi connectivity index (χ1v) is 12.3. The number of H-pyrrole nitrogens is 1. The molecule has 0 saturated carbocycles. The van der Waals surface area contributed by atoms with Gasteiger partial charge < -0.3 is 24.5 Å². The van der Waals surface area contributed by atoms with Crippen molar-refractivity contribution in [2.24, 2.45) is 0 Å². The lowest BCUT2D eigenvalue weighted by Crippen LogP contribution is -2.42. The third kappa shape index (κ3) is 7.35. The van der Waals surface area contributed by atoms with Gasteiger partial charge >= 0.3 is 11.9 Å².